The Morgan fingerprint density at radius 2 is 1.97 bits per heavy atom. The van der Waals surface area contributed by atoms with Gasteiger partial charge in [-0.25, -0.2) is 14.1 Å². The van der Waals surface area contributed by atoms with Crippen LogP contribution in [0.1, 0.15) is 12.2 Å². The fourth-order valence-corrected chi connectivity index (χ4v) is 3.33. The monoisotopic (exact) mass is 425 g/mol. The molecule has 0 fully saturated rings. The van der Waals surface area contributed by atoms with Crippen molar-refractivity contribution >= 4 is 34.2 Å². The number of nitrogens with one attached hydrogen (secondary N) is 1. The lowest BCUT2D eigenvalue weighted by atomic mass is 10.3. The molecule has 152 valence electrons. The van der Waals surface area contributed by atoms with Gasteiger partial charge in [0.25, 0.3) is 5.56 Å². The molecule has 0 unspecified atom stereocenters. The van der Waals surface area contributed by atoms with E-state index in [0.717, 1.165) is 0 Å². The van der Waals surface area contributed by atoms with Gasteiger partial charge in [0.2, 0.25) is 5.91 Å². The highest BCUT2D eigenvalue weighted by atomic mass is 35.5. The summed E-state index contributed by atoms with van der Waals surface area (Å²) in [5.41, 5.74) is 1.27. The standard InChI is InChI=1S/C21H17ClFN5O2/c1-13-25-20-18(12-24-28(20)17-7-5-15(23)6-8-17)21(30)27(13)10-9-19(29)26-16-4-2-3-14(22)11-16/h2-8,11-12H,9-10H2,1H3,(H,26,29). The van der Waals surface area contributed by atoms with E-state index in [4.69, 9.17) is 11.6 Å². The van der Waals surface area contributed by atoms with Crippen molar-refractivity contribution in [2.45, 2.75) is 19.9 Å². The van der Waals surface area contributed by atoms with E-state index in [9.17, 15) is 14.0 Å². The topological polar surface area (TPSA) is 81.8 Å². The van der Waals surface area contributed by atoms with E-state index >= 15 is 0 Å². The van der Waals surface area contributed by atoms with Gasteiger partial charge in [0, 0.05) is 23.7 Å². The zero-order chi connectivity index (χ0) is 21.3. The third kappa shape index (κ3) is 3.95. The minimum Gasteiger partial charge on any atom is -0.326 e. The predicted octanol–water partition coefficient (Wildman–Crippen LogP) is 3.71. The van der Waals surface area contributed by atoms with Gasteiger partial charge in [0.15, 0.2) is 5.65 Å². The first-order chi connectivity index (χ1) is 14.4. The summed E-state index contributed by atoms with van der Waals surface area (Å²) >= 11 is 5.92. The molecule has 0 atom stereocenters. The van der Waals surface area contributed by atoms with Crippen LogP contribution >= 0.6 is 11.6 Å². The van der Waals surface area contributed by atoms with Crippen LogP contribution in [0.2, 0.25) is 5.02 Å². The predicted molar refractivity (Wildman–Crippen MR) is 113 cm³/mol. The van der Waals surface area contributed by atoms with Crippen LogP contribution < -0.4 is 10.9 Å². The molecule has 9 heteroatoms. The van der Waals surface area contributed by atoms with Crippen molar-refractivity contribution in [3.63, 3.8) is 0 Å². The third-order valence-corrected chi connectivity index (χ3v) is 4.85. The van der Waals surface area contributed by atoms with Crippen LogP contribution in [0.15, 0.2) is 59.5 Å². The molecule has 0 saturated carbocycles. The maximum Gasteiger partial charge on any atom is 0.264 e. The lowest BCUT2D eigenvalue weighted by Crippen LogP contribution is -2.26. The summed E-state index contributed by atoms with van der Waals surface area (Å²) in [6, 6.07) is 12.6. The summed E-state index contributed by atoms with van der Waals surface area (Å²) in [5.74, 6) is -0.157. The number of carbonyl (C=O) groups excluding carboxylic acids is 1. The SMILES string of the molecule is Cc1nc2c(cnn2-c2ccc(F)cc2)c(=O)n1CCC(=O)Nc1cccc(Cl)c1. The minimum atomic E-state index is -0.363. The van der Waals surface area contributed by atoms with Crippen molar-refractivity contribution in [1.82, 2.24) is 19.3 Å². The number of amides is 1. The Morgan fingerprint density at radius 1 is 1.20 bits per heavy atom. The average Bonchev–Trinajstić information content (AvgIpc) is 3.12. The molecule has 2 aromatic heterocycles. The first kappa shape index (κ1) is 19.8. The molecule has 0 radical (unpaired) electrons. The normalized spacial score (nSPS) is 11.0. The highest BCUT2D eigenvalue weighted by Crippen LogP contribution is 2.16. The molecular formula is C21H17ClFN5O2. The van der Waals surface area contributed by atoms with E-state index < -0.39 is 0 Å². The van der Waals surface area contributed by atoms with Crippen molar-refractivity contribution in [3.05, 3.63) is 81.7 Å². The number of rotatable bonds is 5. The van der Waals surface area contributed by atoms with Gasteiger partial charge in [-0.05, 0) is 49.4 Å². The van der Waals surface area contributed by atoms with Crippen molar-refractivity contribution in [2.75, 3.05) is 5.32 Å². The van der Waals surface area contributed by atoms with Gasteiger partial charge >= 0.3 is 0 Å². The number of anilines is 1. The molecular weight excluding hydrogens is 409 g/mol. The molecule has 0 aliphatic carbocycles. The van der Waals surface area contributed by atoms with Gasteiger partial charge in [-0.15, -0.1) is 0 Å². The number of aromatic nitrogens is 4. The van der Waals surface area contributed by atoms with E-state index in [2.05, 4.69) is 15.4 Å². The molecule has 7 nitrogen and oxygen atoms in total. The molecule has 0 aliphatic heterocycles. The van der Waals surface area contributed by atoms with Crippen LogP contribution in [-0.4, -0.2) is 25.2 Å². The summed E-state index contributed by atoms with van der Waals surface area (Å²) in [6.07, 6.45) is 1.52. The van der Waals surface area contributed by atoms with Crippen molar-refractivity contribution in [1.29, 1.82) is 0 Å². The first-order valence-electron chi connectivity index (χ1n) is 9.19. The fourth-order valence-electron chi connectivity index (χ4n) is 3.14. The smallest absolute Gasteiger partial charge is 0.264 e. The lowest BCUT2D eigenvalue weighted by molar-refractivity contribution is -0.116. The summed E-state index contributed by atoms with van der Waals surface area (Å²) in [6.45, 7) is 1.86. The second-order valence-corrected chi connectivity index (χ2v) is 7.13. The third-order valence-electron chi connectivity index (χ3n) is 4.62. The van der Waals surface area contributed by atoms with Gasteiger partial charge in [-0.1, -0.05) is 17.7 Å². The minimum absolute atomic E-state index is 0.0898. The number of aryl methyl sites for hydroxylation is 1. The van der Waals surface area contributed by atoms with Crippen LogP contribution in [0, 0.1) is 12.7 Å². The van der Waals surface area contributed by atoms with Gasteiger partial charge in [-0.3, -0.25) is 14.2 Å². The first-order valence-corrected chi connectivity index (χ1v) is 9.57. The van der Waals surface area contributed by atoms with Crippen molar-refractivity contribution < 1.29 is 9.18 Å². The Balaban J connectivity index is 1.57. The van der Waals surface area contributed by atoms with Crippen LogP contribution in [0.25, 0.3) is 16.7 Å². The number of hydrogen-bond donors (Lipinski definition) is 1. The molecule has 0 saturated heterocycles. The van der Waals surface area contributed by atoms with E-state index in [1.165, 1.54) is 27.6 Å². The maximum absolute atomic E-state index is 13.2. The number of hydrogen-bond acceptors (Lipinski definition) is 4. The molecule has 2 aromatic carbocycles. The molecule has 0 aliphatic rings. The molecule has 1 N–H and O–H groups in total. The molecule has 0 bridgehead atoms. The number of halogens is 2. The van der Waals surface area contributed by atoms with Crippen molar-refractivity contribution in [3.8, 4) is 5.69 Å². The average molecular weight is 426 g/mol. The summed E-state index contributed by atoms with van der Waals surface area (Å²) in [7, 11) is 0. The largest absolute Gasteiger partial charge is 0.326 e. The van der Waals surface area contributed by atoms with Gasteiger partial charge in [0.05, 0.1) is 11.9 Å². The van der Waals surface area contributed by atoms with Crippen LogP contribution in [0.4, 0.5) is 10.1 Å². The molecule has 4 aromatic rings. The highest BCUT2D eigenvalue weighted by molar-refractivity contribution is 6.30. The molecule has 0 spiro atoms. The fraction of sp³-hybridized carbons (Fsp3) is 0.143. The Hall–Kier alpha value is -3.52. The Kier molecular flexibility index (Phi) is 5.33. The van der Waals surface area contributed by atoms with Gasteiger partial charge < -0.3 is 5.32 Å². The van der Waals surface area contributed by atoms with E-state index in [1.807, 2.05) is 0 Å². The quantitative estimate of drug-likeness (QED) is 0.528. The molecule has 30 heavy (non-hydrogen) atoms. The lowest BCUT2D eigenvalue weighted by Gasteiger charge is -2.11. The van der Waals surface area contributed by atoms with Crippen LogP contribution in [0.3, 0.4) is 0 Å². The number of fused-ring (bicyclic) bond motifs is 1. The van der Waals surface area contributed by atoms with E-state index in [0.29, 0.717) is 33.3 Å². The zero-order valence-electron chi connectivity index (χ0n) is 16.0. The van der Waals surface area contributed by atoms with Crippen LogP contribution in [-0.2, 0) is 11.3 Å². The van der Waals surface area contributed by atoms with Gasteiger partial charge in [0.1, 0.15) is 17.0 Å². The summed E-state index contributed by atoms with van der Waals surface area (Å²) in [5, 5.41) is 7.82. The maximum atomic E-state index is 13.2. The number of carbonyl (C=O) groups is 1. The Labute approximate surface area is 175 Å². The zero-order valence-corrected chi connectivity index (χ0v) is 16.7. The van der Waals surface area contributed by atoms with Crippen molar-refractivity contribution in [2.24, 2.45) is 0 Å². The summed E-state index contributed by atoms with van der Waals surface area (Å²) in [4.78, 5) is 29.7. The summed E-state index contributed by atoms with van der Waals surface area (Å²) < 4.78 is 16.1. The Morgan fingerprint density at radius 3 is 2.70 bits per heavy atom. The second kappa shape index (κ2) is 8.08. The van der Waals surface area contributed by atoms with Gasteiger partial charge in [-0.2, -0.15) is 5.10 Å². The highest BCUT2D eigenvalue weighted by Gasteiger charge is 2.15. The molecule has 2 heterocycles. The number of nitrogens with zero attached hydrogens (tertiary/aromatic N) is 4. The molecule has 4 rings (SSSR count). The van der Waals surface area contributed by atoms with E-state index in [1.54, 1.807) is 43.3 Å². The van der Waals surface area contributed by atoms with E-state index in [-0.39, 0.29) is 30.2 Å². The van der Waals surface area contributed by atoms with Crippen LogP contribution in [0.5, 0.6) is 0 Å². The Bertz CT molecular complexity index is 1300. The second-order valence-electron chi connectivity index (χ2n) is 6.69. The molecule has 1 amide bonds. The number of benzene rings is 2.